The smallest absolute Gasteiger partial charge is 0.294 e. The molecule has 1 atom stereocenters. The van der Waals surface area contributed by atoms with Gasteiger partial charge in [-0.15, -0.1) is 4.33 Å². The third-order valence-electron chi connectivity index (χ3n) is 13.7. The summed E-state index contributed by atoms with van der Waals surface area (Å²) in [6, 6.07) is 26.9. The van der Waals surface area contributed by atoms with Gasteiger partial charge in [0, 0.05) is 91.7 Å². The molecule has 6 rings (SSSR count). The van der Waals surface area contributed by atoms with E-state index in [9.17, 15) is 26.2 Å². The molecule has 2 aliphatic heterocycles. The van der Waals surface area contributed by atoms with Crippen LogP contribution in [-0.4, -0.2) is 128 Å². The van der Waals surface area contributed by atoms with Gasteiger partial charge in [0.05, 0.1) is 48.8 Å². The highest BCUT2D eigenvalue weighted by molar-refractivity contribution is 8.71. The van der Waals surface area contributed by atoms with E-state index in [1.54, 1.807) is 26.4 Å². The van der Waals surface area contributed by atoms with Crippen molar-refractivity contribution in [3.8, 4) is 22.3 Å². The monoisotopic (exact) mass is 1150 g/mol. The second-order valence-corrected chi connectivity index (χ2v) is 26.3. The quantitative estimate of drug-likeness (QED) is 0.00594. The van der Waals surface area contributed by atoms with Crippen molar-refractivity contribution in [2.24, 2.45) is 0 Å². The predicted molar refractivity (Wildman–Crippen MR) is 311 cm³/mol. The number of nitrogens with one attached hydrogen (secondary N) is 1. The molecule has 0 bridgehead atoms. The van der Waals surface area contributed by atoms with Crippen LogP contribution < -0.4 is 10.2 Å². The fourth-order valence-corrected chi connectivity index (χ4v) is 12.3. The second kappa shape index (κ2) is 30.0. The molecule has 20 heteroatoms. The maximum absolute atomic E-state index is 12.7. The Hall–Kier alpha value is -4.94. The number of methoxy groups -OCH3 is 2. The molecule has 3 N–H and O–H groups in total. The first-order valence-corrected chi connectivity index (χ1v) is 31.5. The first-order chi connectivity index (χ1) is 37.4. The summed E-state index contributed by atoms with van der Waals surface area (Å²) in [6.07, 6.45) is 19.9. The predicted octanol–water partition coefficient (Wildman–Crippen LogP) is 10.9. The Balaban J connectivity index is 1.27. The summed E-state index contributed by atoms with van der Waals surface area (Å²) in [5.41, 5.74) is 9.73. The molecular formula is C58H74N3O13S4+. The number of benzene rings is 4. The molecule has 4 aromatic rings. The number of hydrogen-bond donors (Lipinski definition) is 3. The first kappa shape index (κ1) is 62.3. The average molecular weight is 1150 g/mol. The number of ether oxygens (including phenoxy) is 4. The fraction of sp³-hybridized carbons (Fsp3) is 0.414. The third-order valence-corrected chi connectivity index (χ3v) is 17.8. The number of rotatable bonds is 33. The molecule has 4 aromatic carbocycles. The van der Waals surface area contributed by atoms with E-state index in [-0.39, 0.29) is 22.8 Å². The third kappa shape index (κ3) is 17.5. The van der Waals surface area contributed by atoms with Crippen LogP contribution in [0.25, 0.3) is 22.3 Å². The lowest BCUT2D eigenvalue weighted by atomic mass is 9.76. The Morgan fingerprint density at radius 1 is 0.731 bits per heavy atom. The van der Waals surface area contributed by atoms with Crippen molar-refractivity contribution in [1.82, 2.24) is 5.32 Å². The van der Waals surface area contributed by atoms with Gasteiger partial charge in [-0.25, -0.2) is 13.7 Å². The summed E-state index contributed by atoms with van der Waals surface area (Å²) < 4.78 is 85.7. The molecule has 0 spiro atoms. The molecule has 2 heterocycles. The molecule has 0 saturated heterocycles. The van der Waals surface area contributed by atoms with Crippen LogP contribution in [0.15, 0.2) is 143 Å². The van der Waals surface area contributed by atoms with E-state index >= 15 is 0 Å². The van der Waals surface area contributed by atoms with E-state index in [4.69, 9.17) is 24.2 Å². The zero-order chi connectivity index (χ0) is 56.2. The Kier molecular flexibility index (Phi) is 24.0. The molecule has 1 amide bonds. The van der Waals surface area contributed by atoms with Gasteiger partial charge in [-0.2, -0.15) is 13.0 Å². The number of amides is 1. The van der Waals surface area contributed by atoms with E-state index in [0.717, 1.165) is 110 Å². The van der Waals surface area contributed by atoms with Gasteiger partial charge in [0.25, 0.3) is 10.1 Å². The highest BCUT2D eigenvalue weighted by atomic mass is 33.1. The molecule has 78 heavy (non-hydrogen) atoms. The van der Waals surface area contributed by atoms with E-state index in [2.05, 4.69) is 99.6 Å². The topological polar surface area (TPSA) is 199 Å². The SMILES string of the molecule is COCCOCCCN1/C(=C/C=C/C=C/C=C/C2=[N+](CCOCCOC)c3ccc(-c4ccc(SOOO)cc4)cc3C2(C)C)C(C)(CCCCCC(=O)NCCSS(C)(=O)=O)c2cc(-c3ccc(S(=O)(=O)O)cc3)ccc21. The van der Waals surface area contributed by atoms with Gasteiger partial charge < -0.3 is 29.2 Å². The van der Waals surface area contributed by atoms with Crippen LogP contribution in [-0.2, 0) is 62.9 Å². The van der Waals surface area contributed by atoms with Crippen LogP contribution in [0.4, 0.5) is 11.4 Å². The Bertz CT molecular complexity index is 3010. The van der Waals surface area contributed by atoms with Gasteiger partial charge in [0.2, 0.25) is 11.6 Å². The van der Waals surface area contributed by atoms with E-state index in [0.29, 0.717) is 71.3 Å². The van der Waals surface area contributed by atoms with Gasteiger partial charge in [-0.1, -0.05) is 78.6 Å². The number of carbonyl (C=O) groups is 1. The Morgan fingerprint density at radius 2 is 1.36 bits per heavy atom. The summed E-state index contributed by atoms with van der Waals surface area (Å²) in [6.45, 7) is 11.4. The highest BCUT2D eigenvalue weighted by Crippen LogP contribution is 2.52. The number of unbranched alkanes of at least 4 members (excludes halogenated alkanes) is 2. The average Bonchev–Trinajstić information content (AvgIpc) is 3.97. The van der Waals surface area contributed by atoms with Crippen molar-refractivity contribution in [2.45, 2.75) is 79.9 Å². The summed E-state index contributed by atoms with van der Waals surface area (Å²) in [4.78, 5) is 15.6. The molecule has 16 nitrogen and oxygen atoms in total. The van der Waals surface area contributed by atoms with Gasteiger partial charge in [0.1, 0.15) is 6.61 Å². The molecule has 422 valence electrons. The lowest BCUT2D eigenvalue weighted by Gasteiger charge is -2.30. The van der Waals surface area contributed by atoms with Crippen LogP contribution in [0.3, 0.4) is 0 Å². The number of anilines is 1. The first-order valence-electron chi connectivity index (χ1n) is 25.9. The van der Waals surface area contributed by atoms with Crippen molar-refractivity contribution in [3.63, 3.8) is 0 Å². The highest BCUT2D eigenvalue weighted by Gasteiger charge is 2.45. The Morgan fingerprint density at radius 3 is 2.03 bits per heavy atom. The molecule has 0 aliphatic carbocycles. The van der Waals surface area contributed by atoms with Crippen LogP contribution in [0, 0.1) is 0 Å². The van der Waals surface area contributed by atoms with Crippen molar-refractivity contribution in [3.05, 3.63) is 144 Å². The lowest BCUT2D eigenvalue weighted by molar-refractivity contribution is -0.442. The van der Waals surface area contributed by atoms with Crippen molar-refractivity contribution in [1.29, 1.82) is 0 Å². The number of carbonyl (C=O) groups excluding carboxylic acids is 1. The summed E-state index contributed by atoms with van der Waals surface area (Å²) in [5, 5.41) is 15.2. The van der Waals surface area contributed by atoms with E-state index in [1.165, 1.54) is 17.7 Å². The van der Waals surface area contributed by atoms with Crippen LogP contribution in [0.2, 0.25) is 0 Å². The maximum atomic E-state index is 12.7. The van der Waals surface area contributed by atoms with Crippen molar-refractivity contribution >= 4 is 64.8 Å². The van der Waals surface area contributed by atoms with Gasteiger partial charge in [0.15, 0.2) is 21.1 Å². The lowest BCUT2D eigenvalue weighted by Crippen LogP contribution is -2.30. The minimum atomic E-state index is -4.36. The number of hydrogen-bond acceptors (Lipinski definition) is 15. The summed E-state index contributed by atoms with van der Waals surface area (Å²) >= 11 is 0.917. The molecule has 0 fully saturated rings. The van der Waals surface area contributed by atoms with Crippen molar-refractivity contribution in [2.75, 3.05) is 90.4 Å². The molecule has 0 saturated carbocycles. The number of nitrogens with zero attached hydrogens (tertiary/aromatic N) is 2. The number of fused-ring (bicyclic) bond motifs is 2. The zero-order valence-electron chi connectivity index (χ0n) is 45.4. The van der Waals surface area contributed by atoms with E-state index in [1.807, 2.05) is 48.6 Å². The Labute approximate surface area is 468 Å². The summed E-state index contributed by atoms with van der Waals surface area (Å²) in [7, 11) is -3.42. The molecular weight excluding hydrogens is 1070 g/mol. The van der Waals surface area contributed by atoms with Crippen LogP contribution >= 0.6 is 22.8 Å². The minimum absolute atomic E-state index is 0.105. The maximum Gasteiger partial charge on any atom is 0.294 e. The van der Waals surface area contributed by atoms with Gasteiger partial charge >= 0.3 is 0 Å². The second-order valence-electron chi connectivity index (χ2n) is 19.5. The van der Waals surface area contributed by atoms with Gasteiger partial charge in [-0.05, 0) is 133 Å². The molecule has 2 aliphatic rings. The standard InChI is InChI=1S/C58H73N3O13S4/c1-57(2)50-42-46(44-19-25-48(26-20-44)76-74-73-63)23-29-52(50)61(34-36-72-40-38-70-5)54(57)16-11-8-7-9-12-17-55-58(3,31-14-10-13-18-56(62)59-32-41-75-77(6,64)65)51-43-47(45-21-27-49(28-22-45)78(66,67)68)24-30-53(51)60(55)33-15-35-71-39-37-69-4/h7-9,11-12,16-17,19-30,42-43H,10,13-15,18,31-41H2,1-6H3,(H2-,59,62,63,66,67,68)/p+1. The van der Waals surface area contributed by atoms with E-state index < -0.39 is 24.4 Å². The van der Waals surface area contributed by atoms with Crippen molar-refractivity contribution < 1.29 is 64.3 Å². The van der Waals surface area contributed by atoms with Crippen LogP contribution in [0.5, 0.6) is 0 Å². The molecule has 1 unspecified atom stereocenters. The number of allylic oxidation sites excluding steroid dienone is 8. The largest absolute Gasteiger partial charge is 0.382 e. The molecule has 0 radical (unpaired) electrons. The normalized spacial score (nSPS) is 16.9. The van der Waals surface area contributed by atoms with Gasteiger partial charge in [-0.3, -0.25) is 9.35 Å². The minimum Gasteiger partial charge on any atom is -0.382 e. The molecule has 0 aromatic heterocycles. The zero-order valence-corrected chi connectivity index (χ0v) is 48.6. The summed E-state index contributed by atoms with van der Waals surface area (Å²) in [5.74, 6) is 0.187. The van der Waals surface area contributed by atoms with Crippen LogP contribution in [0.1, 0.15) is 70.4 Å². The fourth-order valence-electron chi connectivity index (χ4n) is 9.78.